The van der Waals surface area contributed by atoms with Crippen LogP contribution in [-0.4, -0.2) is 85.5 Å². The second-order valence-corrected chi connectivity index (χ2v) is 8.44. The molecule has 2 aliphatic rings. The van der Waals surface area contributed by atoms with Crippen molar-refractivity contribution < 1.29 is 9.21 Å². The predicted octanol–water partition coefficient (Wildman–Crippen LogP) is 3.19. The van der Waals surface area contributed by atoms with Crippen molar-refractivity contribution in [1.29, 1.82) is 0 Å². The molecule has 0 bridgehead atoms. The molecule has 8 heteroatoms. The summed E-state index contributed by atoms with van der Waals surface area (Å²) in [4.78, 5) is 24.0. The van der Waals surface area contributed by atoms with Crippen molar-refractivity contribution in [2.75, 3.05) is 58.9 Å². The van der Waals surface area contributed by atoms with Crippen LogP contribution in [0.2, 0.25) is 0 Å². The van der Waals surface area contributed by atoms with Crippen LogP contribution in [0.5, 0.6) is 0 Å². The Bertz CT molecular complexity index is 852. The standard InChI is InChI=1S/C24H35N5O2.HI/c1-2-25-24(26-11-10-21-18-20-8-4-5-9-22(20)31-21)29-16-14-27(15-17-29)19-23(30)28-12-6-3-7-13-28;/h4-5,8-9,18H,2-3,6-7,10-17,19H2,1H3,(H,25,26);1H. The molecule has 0 aliphatic carbocycles. The number of hydrogen-bond acceptors (Lipinski definition) is 4. The molecular weight excluding hydrogens is 517 g/mol. The lowest BCUT2D eigenvalue weighted by Gasteiger charge is -2.37. The predicted molar refractivity (Wildman–Crippen MR) is 140 cm³/mol. The van der Waals surface area contributed by atoms with Gasteiger partial charge in [-0.15, -0.1) is 24.0 Å². The molecule has 2 aromatic rings. The van der Waals surface area contributed by atoms with E-state index in [1.54, 1.807) is 0 Å². The van der Waals surface area contributed by atoms with Crippen LogP contribution in [-0.2, 0) is 11.2 Å². The van der Waals surface area contributed by atoms with Crippen molar-refractivity contribution in [3.63, 3.8) is 0 Å². The number of piperazine rings is 1. The van der Waals surface area contributed by atoms with Gasteiger partial charge in [0.05, 0.1) is 6.54 Å². The molecule has 32 heavy (non-hydrogen) atoms. The molecule has 1 aromatic heterocycles. The van der Waals surface area contributed by atoms with Crippen LogP contribution in [0.3, 0.4) is 0 Å². The number of rotatable bonds is 6. The van der Waals surface area contributed by atoms with Crippen molar-refractivity contribution in [2.24, 2.45) is 4.99 Å². The molecule has 0 unspecified atom stereocenters. The van der Waals surface area contributed by atoms with Gasteiger partial charge in [-0.3, -0.25) is 14.7 Å². The summed E-state index contributed by atoms with van der Waals surface area (Å²) < 4.78 is 5.91. The van der Waals surface area contributed by atoms with E-state index in [9.17, 15) is 4.79 Å². The third-order valence-electron chi connectivity index (χ3n) is 6.17. The average molecular weight is 553 g/mol. The van der Waals surface area contributed by atoms with Gasteiger partial charge < -0.3 is 19.5 Å². The maximum absolute atomic E-state index is 12.6. The molecule has 0 atom stereocenters. The number of furan rings is 1. The lowest BCUT2D eigenvalue weighted by molar-refractivity contribution is -0.133. The van der Waals surface area contributed by atoms with E-state index in [1.807, 2.05) is 23.1 Å². The number of hydrogen-bond donors (Lipinski definition) is 1. The Labute approximate surface area is 208 Å². The van der Waals surface area contributed by atoms with Crippen molar-refractivity contribution in [1.82, 2.24) is 20.0 Å². The van der Waals surface area contributed by atoms with Crippen LogP contribution in [0.4, 0.5) is 0 Å². The Balaban J connectivity index is 0.00000289. The number of halogens is 1. The fourth-order valence-corrected chi connectivity index (χ4v) is 4.41. The topological polar surface area (TPSA) is 64.3 Å². The monoisotopic (exact) mass is 553 g/mol. The minimum absolute atomic E-state index is 0. The summed E-state index contributed by atoms with van der Waals surface area (Å²) >= 11 is 0. The van der Waals surface area contributed by atoms with Gasteiger partial charge in [-0.25, -0.2) is 0 Å². The number of aliphatic imine (C=N–C) groups is 1. The zero-order chi connectivity index (χ0) is 21.5. The van der Waals surface area contributed by atoms with Gasteiger partial charge in [0, 0.05) is 64.2 Å². The minimum atomic E-state index is 0. The number of guanidine groups is 1. The Morgan fingerprint density at radius 2 is 1.78 bits per heavy atom. The summed E-state index contributed by atoms with van der Waals surface area (Å²) in [7, 11) is 0. The number of amides is 1. The number of piperidine rings is 1. The van der Waals surface area contributed by atoms with Crippen LogP contribution in [0.1, 0.15) is 31.9 Å². The second-order valence-electron chi connectivity index (χ2n) is 8.44. The molecule has 1 N–H and O–H groups in total. The maximum Gasteiger partial charge on any atom is 0.236 e. The number of nitrogens with zero attached hydrogens (tertiary/aromatic N) is 4. The van der Waals surface area contributed by atoms with E-state index < -0.39 is 0 Å². The molecule has 2 aliphatic heterocycles. The Morgan fingerprint density at radius 1 is 1.03 bits per heavy atom. The lowest BCUT2D eigenvalue weighted by atomic mass is 10.1. The van der Waals surface area contributed by atoms with Crippen molar-refractivity contribution in [3.8, 4) is 0 Å². The molecule has 1 aromatic carbocycles. The zero-order valence-corrected chi connectivity index (χ0v) is 21.4. The Hall–Kier alpha value is -1.81. The molecule has 4 rings (SSSR count). The highest BCUT2D eigenvalue weighted by atomic mass is 127. The number of para-hydroxylation sites is 1. The van der Waals surface area contributed by atoms with Crippen LogP contribution in [0, 0.1) is 0 Å². The van der Waals surface area contributed by atoms with E-state index >= 15 is 0 Å². The van der Waals surface area contributed by atoms with Gasteiger partial charge in [-0.05, 0) is 38.3 Å². The van der Waals surface area contributed by atoms with Gasteiger partial charge in [0.25, 0.3) is 0 Å². The quantitative estimate of drug-likeness (QED) is 0.338. The molecule has 3 heterocycles. The molecule has 0 saturated carbocycles. The SMILES string of the molecule is CCNC(=NCCc1cc2ccccc2o1)N1CCN(CC(=O)N2CCCCC2)CC1.I. The van der Waals surface area contributed by atoms with E-state index in [1.165, 1.54) is 6.42 Å². The highest BCUT2D eigenvalue weighted by Gasteiger charge is 2.24. The van der Waals surface area contributed by atoms with E-state index in [4.69, 9.17) is 9.41 Å². The van der Waals surface area contributed by atoms with Gasteiger partial charge in [0.1, 0.15) is 11.3 Å². The number of carbonyl (C=O) groups excluding carboxylic acids is 1. The molecule has 2 saturated heterocycles. The van der Waals surface area contributed by atoms with Gasteiger partial charge in [-0.2, -0.15) is 0 Å². The van der Waals surface area contributed by atoms with Crippen molar-refractivity contribution in [3.05, 3.63) is 36.1 Å². The molecule has 0 radical (unpaired) electrons. The summed E-state index contributed by atoms with van der Waals surface area (Å²) in [5, 5.41) is 4.57. The molecular formula is C24H36IN5O2. The third-order valence-corrected chi connectivity index (χ3v) is 6.17. The minimum Gasteiger partial charge on any atom is -0.461 e. The highest BCUT2D eigenvalue weighted by Crippen LogP contribution is 2.19. The summed E-state index contributed by atoms with van der Waals surface area (Å²) in [6.07, 6.45) is 4.34. The molecule has 176 valence electrons. The molecule has 7 nitrogen and oxygen atoms in total. The largest absolute Gasteiger partial charge is 0.461 e. The summed E-state index contributed by atoms with van der Waals surface area (Å²) in [5.41, 5.74) is 0.934. The molecule has 2 fully saturated rings. The first kappa shape index (κ1) is 24.8. The lowest BCUT2D eigenvalue weighted by Crippen LogP contribution is -2.54. The van der Waals surface area contributed by atoms with Gasteiger partial charge >= 0.3 is 0 Å². The normalized spacial score (nSPS) is 18.0. The zero-order valence-electron chi connectivity index (χ0n) is 19.1. The number of likely N-dealkylation sites (tertiary alicyclic amines) is 1. The first-order valence-electron chi connectivity index (χ1n) is 11.7. The first-order valence-corrected chi connectivity index (χ1v) is 11.7. The smallest absolute Gasteiger partial charge is 0.236 e. The van der Waals surface area contributed by atoms with E-state index in [2.05, 4.69) is 34.2 Å². The van der Waals surface area contributed by atoms with Crippen LogP contribution >= 0.6 is 24.0 Å². The van der Waals surface area contributed by atoms with E-state index in [-0.39, 0.29) is 24.0 Å². The third kappa shape index (κ3) is 6.60. The number of benzene rings is 1. The van der Waals surface area contributed by atoms with Gasteiger partial charge in [-0.1, -0.05) is 18.2 Å². The number of fused-ring (bicyclic) bond motifs is 1. The second kappa shape index (κ2) is 12.4. The molecule has 0 spiro atoms. The van der Waals surface area contributed by atoms with Crippen LogP contribution in [0.15, 0.2) is 39.7 Å². The fourth-order valence-electron chi connectivity index (χ4n) is 4.41. The summed E-state index contributed by atoms with van der Waals surface area (Å²) in [6.45, 7) is 9.62. The first-order chi connectivity index (χ1) is 15.2. The van der Waals surface area contributed by atoms with Crippen molar-refractivity contribution in [2.45, 2.75) is 32.6 Å². The van der Waals surface area contributed by atoms with Gasteiger partial charge in [0.15, 0.2) is 5.96 Å². The average Bonchev–Trinajstić information content (AvgIpc) is 3.22. The van der Waals surface area contributed by atoms with E-state index in [0.29, 0.717) is 19.0 Å². The van der Waals surface area contributed by atoms with Gasteiger partial charge in [0.2, 0.25) is 5.91 Å². The van der Waals surface area contributed by atoms with Crippen LogP contribution in [0.25, 0.3) is 11.0 Å². The Morgan fingerprint density at radius 3 is 2.50 bits per heavy atom. The number of nitrogens with one attached hydrogen (secondary N) is 1. The number of carbonyl (C=O) groups is 1. The fraction of sp³-hybridized carbons (Fsp3) is 0.583. The van der Waals surface area contributed by atoms with E-state index in [0.717, 1.165) is 87.8 Å². The molecule has 1 amide bonds. The summed E-state index contributed by atoms with van der Waals surface area (Å²) in [6, 6.07) is 10.2. The Kier molecular flexibility index (Phi) is 9.65. The van der Waals surface area contributed by atoms with Crippen molar-refractivity contribution >= 4 is 46.8 Å². The van der Waals surface area contributed by atoms with Crippen LogP contribution < -0.4 is 5.32 Å². The maximum atomic E-state index is 12.6. The highest BCUT2D eigenvalue weighted by molar-refractivity contribution is 14.0. The summed E-state index contributed by atoms with van der Waals surface area (Å²) in [5.74, 6) is 2.22.